The lowest BCUT2D eigenvalue weighted by molar-refractivity contribution is 0.0975. The average molecular weight is 643 g/mol. The van der Waals surface area contributed by atoms with Crippen molar-refractivity contribution in [3.63, 3.8) is 0 Å². The van der Waals surface area contributed by atoms with Crippen LogP contribution in [0.2, 0.25) is 5.02 Å². The molecule has 10 heteroatoms. The first-order valence-electron chi connectivity index (χ1n) is 9.16. The Bertz CT molecular complexity index is 1360. The zero-order valence-corrected chi connectivity index (χ0v) is 21.7. The number of thiocarbonyl (C=S) groups is 1. The molecule has 4 rings (SSSR count). The first-order valence-corrected chi connectivity index (χ1v) is 11.8. The molecule has 0 fully saturated rings. The smallest absolute Gasteiger partial charge is 0.261 e. The number of carbonyl (C=O) groups excluding carboxylic acids is 1. The van der Waals surface area contributed by atoms with Crippen molar-refractivity contribution in [1.29, 1.82) is 0 Å². The van der Waals surface area contributed by atoms with E-state index < -0.39 is 5.91 Å². The Morgan fingerprint density at radius 1 is 1.19 bits per heavy atom. The number of anilines is 1. The molecule has 162 valence electrons. The van der Waals surface area contributed by atoms with E-state index in [0.717, 1.165) is 13.6 Å². The summed E-state index contributed by atoms with van der Waals surface area (Å²) in [5, 5.41) is 6.17. The molecule has 0 saturated heterocycles. The molecule has 0 saturated carbocycles. The molecule has 0 radical (unpaired) electrons. The molecule has 6 nitrogen and oxygen atoms in total. The maximum absolute atomic E-state index is 12.6. The van der Waals surface area contributed by atoms with Crippen LogP contribution in [0.1, 0.15) is 10.4 Å². The number of halogens is 3. The van der Waals surface area contributed by atoms with Gasteiger partial charge in [0.1, 0.15) is 11.3 Å². The Kier molecular flexibility index (Phi) is 6.99. The average Bonchev–Trinajstić information content (AvgIpc) is 3.18. The van der Waals surface area contributed by atoms with Gasteiger partial charge in [-0.25, -0.2) is 4.98 Å². The zero-order valence-electron chi connectivity index (χ0n) is 16.4. The maximum atomic E-state index is 12.6. The topological polar surface area (TPSA) is 76.4 Å². The Hall–Kier alpha value is -2.21. The molecule has 4 aromatic rings. The number of oxazole rings is 1. The van der Waals surface area contributed by atoms with Gasteiger partial charge in [-0.3, -0.25) is 10.1 Å². The number of ether oxygens (including phenoxy) is 1. The van der Waals surface area contributed by atoms with Crippen LogP contribution < -0.4 is 15.4 Å². The number of fused-ring (bicyclic) bond motifs is 1. The molecule has 0 unspecified atom stereocenters. The van der Waals surface area contributed by atoms with E-state index in [-0.39, 0.29) is 10.7 Å². The van der Waals surface area contributed by atoms with Crippen molar-refractivity contribution in [1.82, 2.24) is 10.3 Å². The first kappa shape index (κ1) is 23.0. The van der Waals surface area contributed by atoms with Gasteiger partial charge < -0.3 is 14.5 Å². The van der Waals surface area contributed by atoms with Crippen LogP contribution in [0, 0.1) is 3.57 Å². The fourth-order valence-corrected chi connectivity index (χ4v) is 4.26. The van der Waals surface area contributed by atoms with E-state index in [1.54, 1.807) is 30.3 Å². The number of nitrogens with zero attached hydrogens (tertiary/aromatic N) is 1. The Labute approximate surface area is 216 Å². The number of benzene rings is 3. The van der Waals surface area contributed by atoms with E-state index in [9.17, 15) is 4.79 Å². The predicted molar refractivity (Wildman–Crippen MR) is 142 cm³/mol. The van der Waals surface area contributed by atoms with Gasteiger partial charge in [0.2, 0.25) is 5.89 Å². The van der Waals surface area contributed by atoms with E-state index >= 15 is 0 Å². The van der Waals surface area contributed by atoms with E-state index in [1.165, 1.54) is 13.2 Å². The Morgan fingerprint density at radius 3 is 2.78 bits per heavy atom. The largest absolute Gasteiger partial charge is 0.496 e. The molecule has 0 spiro atoms. The summed E-state index contributed by atoms with van der Waals surface area (Å²) in [6.07, 6.45) is 0. The van der Waals surface area contributed by atoms with E-state index in [2.05, 4.69) is 54.1 Å². The highest BCUT2D eigenvalue weighted by Gasteiger charge is 2.16. The van der Waals surface area contributed by atoms with Crippen LogP contribution in [0.5, 0.6) is 5.75 Å². The lowest BCUT2D eigenvalue weighted by Crippen LogP contribution is -2.34. The predicted octanol–water partition coefficient (Wildman–Crippen LogP) is 6.65. The molecule has 1 amide bonds. The summed E-state index contributed by atoms with van der Waals surface area (Å²) in [4.78, 5) is 17.2. The van der Waals surface area contributed by atoms with Crippen molar-refractivity contribution < 1.29 is 13.9 Å². The van der Waals surface area contributed by atoms with Crippen molar-refractivity contribution in [2.24, 2.45) is 0 Å². The second-order valence-electron chi connectivity index (χ2n) is 6.58. The van der Waals surface area contributed by atoms with Gasteiger partial charge in [0.05, 0.1) is 18.2 Å². The molecule has 3 aromatic carbocycles. The Morgan fingerprint density at radius 2 is 2.00 bits per heavy atom. The van der Waals surface area contributed by atoms with E-state index in [4.69, 9.17) is 33.0 Å². The van der Waals surface area contributed by atoms with Gasteiger partial charge in [0, 0.05) is 18.8 Å². The lowest BCUT2D eigenvalue weighted by Gasteiger charge is -2.12. The lowest BCUT2D eigenvalue weighted by atomic mass is 10.2. The van der Waals surface area contributed by atoms with Gasteiger partial charge in [-0.1, -0.05) is 11.6 Å². The molecule has 1 aromatic heterocycles. The summed E-state index contributed by atoms with van der Waals surface area (Å²) >= 11 is 17.1. The number of carbonyl (C=O) groups is 1. The van der Waals surface area contributed by atoms with Crippen LogP contribution in [0.25, 0.3) is 22.6 Å². The minimum absolute atomic E-state index is 0.125. The number of methoxy groups -OCH3 is 1. The maximum Gasteiger partial charge on any atom is 0.261 e. The number of hydrogen-bond donors (Lipinski definition) is 2. The highest BCUT2D eigenvalue weighted by atomic mass is 127. The summed E-state index contributed by atoms with van der Waals surface area (Å²) < 4.78 is 13.1. The third-order valence-corrected chi connectivity index (χ3v) is 6.24. The third kappa shape index (κ3) is 5.06. The minimum atomic E-state index is -0.435. The highest BCUT2D eigenvalue weighted by molar-refractivity contribution is 14.1. The quantitative estimate of drug-likeness (QED) is 0.192. The monoisotopic (exact) mass is 641 g/mol. The van der Waals surface area contributed by atoms with Gasteiger partial charge in [-0.15, -0.1) is 0 Å². The van der Waals surface area contributed by atoms with Crippen molar-refractivity contribution in [2.45, 2.75) is 0 Å². The number of rotatable bonds is 4. The summed E-state index contributed by atoms with van der Waals surface area (Å²) in [7, 11) is 1.48. The summed E-state index contributed by atoms with van der Waals surface area (Å²) in [6, 6.07) is 16.1. The van der Waals surface area contributed by atoms with Crippen LogP contribution in [-0.2, 0) is 0 Å². The van der Waals surface area contributed by atoms with Crippen LogP contribution in [0.4, 0.5) is 5.69 Å². The second-order valence-corrected chi connectivity index (χ2v) is 9.52. The molecule has 32 heavy (non-hydrogen) atoms. The molecule has 0 aliphatic rings. The number of nitrogens with one attached hydrogen (secondary N) is 2. The van der Waals surface area contributed by atoms with E-state index in [0.29, 0.717) is 33.4 Å². The SMILES string of the molecule is COc1ccc(Cl)cc1C(=O)NC(=S)Nc1ccc2oc(-c3cc(I)ccc3Br)nc2c1. The molecule has 1 heterocycles. The molecule has 2 N–H and O–H groups in total. The molecular formula is C22H14BrClIN3O3S. The number of amides is 1. The standard InChI is InChI=1S/C22H14BrClIN3O3S/c1-30-18-6-2-11(24)8-15(18)20(29)28-22(32)26-13-4-7-19-17(10-13)27-21(31-19)14-9-12(25)3-5-16(14)23/h2-10H,1H3,(H2,26,28,29,32). The van der Waals surface area contributed by atoms with Gasteiger partial charge in [0.15, 0.2) is 10.7 Å². The molecule has 0 aliphatic carbocycles. The van der Waals surface area contributed by atoms with Gasteiger partial charge >= 0.3 is 0 Å². The number of aromatic nitrogens is 1. The van der Waals surface area contributed by atoms with Crippen LogP contribution in [0.15, 0.2) is 63.5 Å². The molecular weight excluding hydrogens is 629 g/mol. The van der Waals surface area contributed by atoms with Crippen molar-refractivity contribution in [3.8, 4) is 17.2 Å². The molecule has 0 atom stereocenters. The number of hydrogen-bond acceptors (Lipinski definition) is 5. The Balaban J connectivity index is 1.52. The van der Waals surface area contributed by atoms with Gasteiger partial charge in [0.25, 0.3) is 5.91 Å². The van der Waals surface area contributed by atoms with Crippen molar-refractivity contribution in [3.05, 3.63) is 73.2 Å². The van der Waals surface area contributed by atoms with E-state index in [1.807, 2.05) is 18.2 Å². The van der Waals surface area contributed by atoms with Gasteiger partial charge in [-0.2, -0.15) is 0 Å². The third-order valence-electron chi connectivity index (χ3n) is 4.44. The van der Waals surface area contributed by atoms with Gasteiger partial charge in [-0.05, 0) is 105 Å². The van der Waals surface area contributed by atoms with Crippen LogP contribution in [0.3, 0.4) is 0 Å². The fourth-order valence-electron chi connectivity index (χ4n) is 2.97. The van der Waals surface area contributed by atoms with Crippen LogP contribution >= 0.6 is 62.3 Å². The molecule has 0 aliphatic heterocycles. The second kappa shape index (κ2) is 9.74. The zero-order chi connectivity index (χ0) is 22.8. The first-order chi connectivity index (χ1) is 15.3. The van der Waals surface area contributed by atoms with Crippen molar-refractivity contribution >= 4 is 90.1 Å². The minimum Gasteiger partial charge on any atom is -0.496 e. The van der Waals surface area contributed by atoms with Crippen LogP contribution in [-0.4, -0.2) is 23.1 Å². The summed E-state index contributed by atoms with van der Waals surface area (Å²) in [6.45, 7) is 0. The van der Waals surface area contributed by atoms with Crippen molar-refractivity contribution in [2.75, 3.05) is 12.4 Å². The fraction of sp³-hybridized carbons (Fsp3) is 0.0455. The normalized spacial score (nSPS) is 10.8. The highest BCUT2D eigenvalue weighted by Crippen LogP contribution is 2.32. The molecule has 0 bridgehead atoms. The summed E-state index contributed by atoms with van der Waals surface area (Å²) in [5.41, 5.74) is 3.09. The summed E-state index contributed by atoms with van der Waals surface area (Å²) in [5.74, 6) is 0.467.